The molecule has 0 aliphatic rings. The third-order valence-corrected chi connectivity index (χ3v) is 4.94. The number of anilines is 2. The zero-order chi connectivity index (χ0) is 23.6. The highest BCUT2D eigenvalue weighted by atomic mass is 35.5. The number of rotatable bonds is 9. The average Bonchev–Trinajstić information content (AvgIpc) is 2.83. The molecule has 3 aromatic rings. The van der Waals surface area contributed by atoms with Crippen LogP contribution in [0.25, 0.3) is 0 Å². The summed E-state index contributed by atoms with van der Waals surface area (Å²) in [5.74, 6) is -1.56. The van der Waals surface area contributed by atoms with Crippen molar-refractivity contribution < 1.29 is 18.8 Å². The Morgan fingerprint density at radius 2 is 1.70 bits per heavy atom. The Labute approximate surface area is 195 Å². The summed E-state index contributed by atoms with van der Waals surface area (Å²) in [5, 5.41) is 5.17. The number of hydrogen-bond donors (Lipinski definition) is 2. The first-order chi connectivity index (χ1) is 15.9. The van der Waals surface area contributed by atoms with Crippen LogP contribution >= 0.6 is 11.6 Å². The van der Waals surface area contributed by atoms with Gasteiger partial charge < -0.3 is 15.5 Å². The maximum atomic E-state index is 13.6. The van der Waals surface area contributed by atoms with Gasteiger partial charge in [0.15, 0.2) is 0 Å². The van der Waals surface area contributed by atoms with Crippen molar-refractivity contribution in [3.8, 4) is 0 Å². The maximum Gasteiger partial charge on any atom is 0.240 e. The van der Waals surface area contributed by atoms with E-state index in [1.54, 1.807) is 18.2 Å². The average molecular weight is 469 g/mol. The van der Waals surface area contributed by atoms with Crippen LogP contribution in [0.15, 0.2) is 72.9 Å². The third kappa shape index (κ3) is 7.40. The first kappa shape index (κ1) is 23.9. The van der Waals surface area contributed by atoms with E-state index in [0.29, 0.717) is 12.4 Å². The Hall–Kier alpha value is -3.78. The largest absolute Gasteiger partial charge is 0.350 e. The van der Waals surface area contributed by atoms with E-state index in [9.17, 15) is 18.8 Å². The Morgan fingerprint density at radius 1 is 0.939 bits per heavy atom. The van der Waals surface area contributed by atoms with Gasteiger partial charge in [0.1, 0.15) is 18.2 Å². The number of pyridine rings is 1. The van der Waals surface area contributed by atoms with Crippen molar-refractivity contribution in [1.29, 1.82) is 0 Å². The highest BCUT2D eigenvalue weighted by molar-refractivity contribution is 6.31. The number of halogens is 2. The van der Waals surface area contributed by atoms with E-state index in [1.807, 2.05) is 30.3 Å². The summed E-state index contributed by atoms with van der Waals surface area (Å²) < 4.78 is 13.6. The molecular formula is C24H22ClFN4O3. The fraction of sp³-hybridized carbons (Fsp3) is 0.167. The van der Waals surface area contributed by atoms with Gasteiger partial charge in [-0.05, 0) is 35.9 Å². The van der Waals surface area contributed by atoms with Gasteiger partial charge in [0.05, 0.1) is 5.02 Å². The molecule has 1 aromatic heterocycles. The second kappa shape index (κ2) is 11.7. The SMILES string of the molecule is O=C(CN(C(=O)CCC(=O)Nc1ccccn1)c1ccc(F)c(Cl)c1)NCc1ccccc1. The van der Waals surface area contributed by atoms with Crippen molar-refractivity contribution in [2.45, 2.75) is 19.4 Å². The second-order valence-corrected chi connectivity index (χ2v) is 7.51. The van der Waals surface area contributed by atoms with Crippen molar-refractivity contribution >= 4 is 40.8 Å². The lowest BCUT2D eigenvalue weighted by molar-refractivity contribution is -0.125. The number of nitrogens with one attached hydrogen (secondary N) is 2. The van der Waals surface area contributed by atoms with Crippen LogP contribution in [0.1, 0.15) is 18.4 Å². The van der Waals surface area contributed by atoms with Gasteiger partial charge >= 0.3 is 0 Å². The fourth-order valence-corrected chi connectivity index (χ4v) is 3.14. The van der Waals surface area contributed by atoms with Crippen LogP contribution in [0.2, 0.25) is 5.02 Å². The van der Waals surface area contributed by atoms with E-state index < -0.39 is 23.5 Å². The third-order valence-electron chi connectivity index (χ3n) is 4.65. The Morgan fingerprint density at radius 3 is 2.39 bits per heavy atom. The molecule has 33 heavy (non-hydrogen) atoms. The summed E-state index contributed by atoms with van der Waals surface area (Å²) in [4.78, 5) is 42.8. The van der Waals surface area contributed by atoms with Crippen molar-refractivity contribution in [1.82, 2.24) is 10.3 Å². The molecule has 0 aliphatic carbocycles. The van der Waals surface area contributed by atoms with Crippen molar-refractivity contribution in [3.05, 3.63) is 89.3 Å². The van der Waals surface area contributed by atoms with E-state index in [2.05, 4.69) is 15.6 Å². The van der Waals surface area contributed by atoms with Crippen molar-refractivity contribution in [2.24, 2.45) is 0 Å². The molecule has 0 bridgehead atoms. The summed E-state index contributed by atoms with van der Waals surface area (Å²) >= 11 is 5.87. The molecule has 2 aromatic carbocycles. The van der Waals surface area contributed by atoms with Crippen molar-refractivity contribution in [2.75, 3.05) is 16.8 Å². The highest BCUT2D eigenvalue weighted by Crippen LogP contribution is 2.23. The number of aromatic nitrogens is 1. The lowest BCUT2D eigenvalue weighted by Gasteiger charge is -2.23. The molecule has 3 amide bonds. The number of hydrogen-bond acceptors (Lipinski definition) is 4. The molecule has 3 rings (SSSR count). The van der Waals surface area contributed by atoms with Crippen LogP contribution in [0.3, 0.4) is 0 Å². The van der Waals surface area contributed by atoms with E-state index in [0.717, 1.165) is 11.6 Å². The van der Waals surface area contributed by atoms with Gasteiger partial charge in [0, 0.05) is 31.3 Å². The summed E-state index contributed by atoms with van der Waals surface area (Å²) in [5.41, 5.74) is 1.16. The molecule has 2 N–H and O–H groups in total. The molecule has 0 unspecified atom stereocenters. The van der Waals surface area contributed by atoms with Gasteiger partial charge in [-0.15, -0.1) is 0 Å². The number of benzene rings is 2. The number of carbonyl (C=O) groups excluding carboxylic acids is 3. The number of amides is 3. The molecular weight excluding hydrogens is 447 g/mol. The predicted molar refractivity (Wildman–Crippen MR) is 124 cm³/mol. The van der Waals surface area contributed by atoms with E-state index >= 15 is 0 Å². The molecule has 0 spiro atoms. The van der Waals surface area contributed by atoms with E-state index in [-0.39, 0.29) is 30.1 Å². The standard InChI is InChI=1S/C24H22ClFN4O3/c25-19-14-18(9-10-20(19)26)30(16-23(32)28-15-17-6-2-1-3-7-17)24(33)12-11-22(31)29-21-8-4-5-13-27-21/h1-10,13-14H,11-12,15-16H2,(H,28,32)(H,27,29,31). The van der Waals surface area contributed by atoms with Gasteiger partial charge in [0.25, 0.3) is 0 Å². The molecule has 1 heterocycles. The minimum absolute atomic E-state index is 0.119. The smallest absolute Gasteiger partial charge is 0.240 e. The van der Waals surface area contributed by atoms with Gasteiger partial charge in [-0.2, -0.15) is 0 Å². The summed E-state index contributed by atoms with van der Waals surface area (Å²) in [6.07, 6.45) is 1.25. The molecule has 9 heteroatoms. The molecule has 170 valence electrons. The molecule has 0 saturated carbocycles. The van der Waals surface area contributed by atoms with Gasteiger partial charge in [-0.1, -0.05) is 48.0 Å². The molecule has 7 nitrogen and oxygen atoms in total. The van der Waals surface area contributed by atoms with Gasteiger partial charge in [0.2, 0.25) is 17.7 Å². The van der Waals surface area contributed by atoms with Crippen LogP contribution in [-0.2, 0) is 20.9 Å². The lowest BCUT2D eigenvalue weighted by atomic mass is 10.2. The first-order valence-corrected chi connectivity index (χ1v) is 10.6. The van der Waals surface area contributed by atoms with Crippen LogP contribution in [-0.4, -0.2) is 29.3 Å². The maximum absolute atomic E-state index is 13.6. The molecule has 0 fully saturated rings. The van der Waals surface area contributed by atoms with E-state index in [4.69, 9.17) is 11.6 Å². The number of carbonyl (C=O) groups is 3. The molecule has 0 saturated heterocycles. The summed E-state index contributed by atoms with van der Waals surface area (Å²) in [6, 6.07) is 18.1. The van der Waals surface area contributed by atoms with Gasteiger partial charge in [-0.3, -0.25) is 14.4 Å². The van der Waals surface area contributed by atoms with Crippen LogP contribution < -0.4 is 15.5 Å². The van der Waals surface area contributed by atoms with Crippen LogP contribution in [0.5, 0.6) is 0 Å². The van der Waals surface area contributed by atoms with Gasteiger partial charge in [-0.25, -0.2) is 9.37 Å². The zero-order valence-corrected chi connectivity index (χ0v) is 18.4. The molecule has 0 aliphatic heterocycles. The zero-order valence-electron chi connectivity index (χ0n) is 17.6. The summed E-state index contributed by atoms with van der Waals surface area (Å²) in [7, 11) is 0. The Balaban J connectivity index is 1.65. The minimum atomic E-state index is -0.643. The minimum Gasteiger partial charge on any atom is -0.350 e. The Bertz CT molecular complexity index is 1110. The second-order valence-electron chi connectivity index (χ2n) is 7.10. The van der Waals surface area contributed by atoms with Crippen molar-refractivity contribution in [3.63, 3.8) is 0 Å². The molecule has 0 radical (unpaired) electrons. The monoisotopic (exact) mass is 468 g/mol. The Kier molecular flexibility index (Phi) is 8.49. The quantitative estimate of drug-likeness (QED) is 0.497. The fourth-order valence-electron chi connectivity index (χ4n) is 2.97. The number of nitrogens with zero attached hydrogens (tertiary/aromatic N) is 2. The van der Waals surface area contributed by atoms with Crippen LogP contribution in [0, 0.1) is 5.82 Å². The molecule has 0 atom stereocenters. The first-order valence-electron chi connectivity index (χ1n) is 10.2. The lowest BCUT2D eigenvalue weighted by Crippen LogP contribution is -2.41. The normalized spacial score (nSPS) is 10.4. The van der Waals surface area contributed by atoms with E-state index in [1.165, 1.54) is 23.2 Å². The topological polar surface area (TPSA) is 91.4 Å². The predicted octanol–water partition coefficient (Wildman–Crippen LogP) is 3.94. The van der Waals surface area contributed by atoms with Crippen LogP contribution in [0.4, 0.5) is 15.9 Å². The highest BCUT2D eigenvalue weighted by Gasteiger charge is 2.21. The summed E-state index contributed by atoms with van der Waals surface area (Å²) in [6.45, 7) is -0.0200.